The molecule has 15 heavy (non-hydrogen) atoms. The standard InChI is InChI=1S/C13H20N2/c1-2-3-11(8-9-14)10-12-4-6-13(15)7-5-12/h2-4,6,8H,5,7,9-10,14-15H2,1H3/b3-2-,11-8+. The molecule has 0 saturated heterocycles. The molecule has 0 fully saturated rings. The second-order valence-corrected chi connectivity index (χ2v) is 3.76. The van der Waals surface area contributed by atoms with Crippen LogP contribution in [0.25, 0.3) is 0 Å². The van der Waals surface area contributed by atoms with Gasteiger partial charge in [0.15, 0.2) is 0 Å². The van der Waals surface area contributed by atoms with Gasteiger partial charge in [0.25, 0.3) is 0 Å². The van der Waals surface area contributed by atoms with Gasteiger partial charge in [0.05, 0.1) is 0 Å². The van der Waals surface area contributed by atoms with Crippen LogP contribution in [0.15, 0.2) is 47.2 Å². The third kappa shape index (κ3) is 4.17. The molecule has 1 rings (SSSR count). The average molecular weight is 204 g/mol. The summed E-state index contributed by atoms with van der Waals surface area (Å²) in [7, 11) is 0. The van der Waals surface area contributed by atoms with E-state index in [1.165, 1.54) is 11.1 Å². The zero-order chi connectivity index (χ0) is 11.1. The molecule has 0 unspecified atom stereocenters. The smallest absolute Gasteiger partial charge is 0.0112 e. The van der Waals surface area contributed by atoms with E-state index in [-0.39, 0.29) is 0 Å². The maximum Gasteiger partial charge on any atom is 0.0112 e. The number of hydrogen-bond acceptors (Lipinski definition) is 2. The van der Waals surface area contributed by atoms with Gasteiger partial charge in [-0.2, -0.15) is 0 Å². The van der Waals surface area contributed by atoms with E-state index < -0.39 is 0 Å². The second-order valence-electron chi connectivity index (χ2n) is 3.76. The van der Waals surface area contributed by atoms with Crippen molar-refractivity contribution in [1.29, 1.82) is 0 Å². The minimum Gasteiger partial charge on any atom is -0.402 e. The fourth-order valence-electron chi connectivity index (χ4n) is 1.67. The molecule has 0 amide bonds. The van der Waals surface area contributed by atoms with Crippen LogP contribution in [0.1, 0.15) is 26.2 Å². The molecule has 2 heteroatoms. The van der Waals surface area contributed by atoms with E-state index >= 15 is 0 Å². The van der Waals surface area contributed by atoms with E-state index in [4.69, 9.17) is 11.5 Å². The predicted octanol–water partition coefficient (Wildman–Crippen LogP) is 2.40. The summed E-state index contributed by atoms with van der Waals surface area (Å²) in [6.45, 7) is 2.63. The van der Waals surface area contributed by atoms with Crippen LogP contribution in [-0.4, -0.2) is 6.54 Å². The van der Waals surface area contributed by atoms with Crippen LogP contribution in [0.2, 0.25) is 0 Å². The largest absolute Gasteiger partial charge is 0.402 e. The van der Waals surface area contributed by atoms with Crippen molar-refractivity contribution in [3.63, 3.8) is 0 Å². The normalized spacial score (nSPS) is 17.9. The first-order chi connectivity index (χ1) is 7.26. The highest BCUT2D eigenvalue weighted by Crippen LogP contribution is 2.22. The first kappa shape index (κ1) is 11.8. The summed E-state index contributed by atoms with van der Waals surface area (Å²) in [5.41, 5.74) is 14.9. The van der Waals surface area contributed by atoms with Gasteiger partial charge < -0.3 is 11.5 Å². The third-order valence-corrected chi connectivity index (χ3v) is 2.46. The van der Waals surface area contributed by atoms with Gasteiger partial charge in [-0.05, 0) is 37.8 Å². The summed E-state index contributed by atoms with van der Waals surface area (Å²) in [5, 5.41) is 0. The van der Waals surface area contributed by atoms with Crippen LogP contribution < -0.4 is 11.5 Å². The second kappa shape index (κ2) is 6.25. The topological polar surface area (TPSA) is 52.0 Å². The molecule has 0 aromatic heterocycles. The maximum absolute atomic E-state index is 5.71. The van der Waals surface area contributed by atoms with Gasteiger partial charge in [-0.25, -0.2) is 0 Å². The SMILES string of the molecule is C/C=C\C(=C/CN)CC1=CC=C(N)CC1. The van der Waals surface area contributed by atoms with E-state index in [9.17, 15) is 0 Å². The highest BCUT2D eigenvalue weighted by atomic mass is 14.6. The van der Waals surface area contributed by atoms with Crippen molar-refractivity contribution >= 4 is 0 Å². The van der Waals surface area contributed by atoms with E-state index in [2.05, 4.69) is 24.3 Å². The molecular formula is C13H20N2. The number of nitrogens with two attached hydrogens (primary N) is 2. The maximum atomic E-state index is 5.71. The van der Waals surface area contributed by atoms with Crippen LogP contribution in [0, 0.1) is 0 Å². The van der Waals surface area contributed by atoms with Crippen LogP contribution in [0.5, 0.6) is 0 Å². The Morgan fingerprint density at radius 3 is 2.73 bits per heavy atom. The first-order valence-electron chi connectivity index (χ1n) is 5.42. The van der Waals surface area contributed by atoms with E-state index in [0.717, 1.165) is 25.0 Å². The van der Waals surface area contributed by atoms with Crippen molar-refractivity contribution in [2.24, 2.45) is 11.5 Å². The molecule has 0 atom stereocenters. The van der Waals surface area contributed by atoms with Gasteiger partial charge in [0, 0.05) is 12.2 Å². The summed E-state index contributed by atoms with van der Waals surface area (Å²) in [4.78, 5) is 0. The van der Waals surface area contributed by atoms with Crippen molar-refractivity contribution in [2.45, 2.75) is 26.2 Å². The van der Waals surface area contributed by atoms with Gasteiger partial charge in [0.1, 0.15) is 0 Å². The average Bonchev–Trinajstić information content (AvgIpc) is 2.22. The predicted molar refractivity (Wildman–Crippen MR) is 66.2 cm³/mol. The molecule has 0 aromatic rings. The van der Waals surface area contributed by atoms with Crippen LogP contribution in [0.3, 0.4) is 0 Å². The van der Waals surface area contributed by atoms with Crippen molar-refractivity contribution in [1.82, 2.24) is 0 Å². The molecule has 0 bridgehead atoms. The Hall–Kier alpha value is -1.28. The molecule has 1 aliphatic rings. The lowest BCUT2D eigenvalue weighted by Gasteiger charge is -2.12. The molecule has 82 valence electrons. The number of rotatable bonds is 4. The lowest BCUT2D eigenvalue weighted by atomic mass is 9.96. The summed E-state index contributed by atoms with van der Waals surface area (Å²) in [6.07, 6.45) is 13.4. The first-order valence-corrected chi connectivity index (χ1v) is 5.42. The van der Waals surface area contributed by atoms with Crippen LogP contribution in [-0.2, 0) is 0 Å². The lowest BCUT2D eigenvalue weighted by molar-refractivity contribution is 0.859. The molecule has 1 aliphatic carbocycles. The Kier molecular flexibility index (Phi) is 4.91. The quantitative estimate of drug-likeness (QED) is 0.691. The Bertz CT molecular complexity index is 319. The zero-order valence-electron chi connectivity index (χ0n) is 9.37. The molecule has 0 aliphatic heterocycles. The molecule has 0 spiro atoms. The Balaban J connectivity index is 2.63. The molecule has 0 heterocycles. The lowest BCUT2D eigenvalue weighted by Crippen LogP contribution is -2.02. The van der Waals surface area contributed by atoms with Crippen molar-refractivity contribution in [2.75, 3.05) is 6.54 Å². The van der Waals surface area contributed by atoms with E-state index in [1.54, 1.807) is 0 Å². The van der Waals surface area contributed by atoms with Gasteiger partial charge in [-0.15, -0.1) is 0 Å². The van der Waals surface area contributed by atoms with Crippen LogP contribution >= 0.6 is 0 Å². The molecule has 0 saturated carbocycles. The van der Waals surface area contributed by atoms with Crippen molar-refractivity contribution in [3.05, 3.63) is 47.2 Å². The van der Waals surface area contributed by atoms with Gasteiger partial charge >= 0.3 is 0 Å². The monoisotopic (exact) mass is 204 g/mol. The highest BCUT2D eigenvalue weighted by Gasteiger charge is 2.04. The Morgan fingerprint density at radius 2 is 2.20 bits per heavy atom. The number of allylic oxidation sites excluding steroid dienone is 7. The van der Waals surface area contributed by atoms with Gasteiger partial charge in [0.2, 0.25) is 0 Å². The molecule has 4 N–H and O–H groups in total. The summed E-state index contributed by atoms with van der Waals surface area (Å²) < 4.78 is 0. The van der Waals surface area contributed by atoms with Gasteiger partial charge in [-0.1, -0.05) is 29.9 Å². The van der Waals surface area contributed by atoms with E-state index in [1.807, 2.05) is 13.0 Å². The minimum atomic E-state index is 0.602. The van der Waals surface area contributed by atoms with Crippen LogP contribution in [0.4, 0.5) is 0 Å². The molecular weight excluding hydrogens is 184 g/mol. The summed E-state index contributed by atoms with van der Waals surface area (Å²) >= 11 is 0. The summed E-state index contributed by atoms with van der Waals surface area (Å²) in [6, 6.07) is 0. The van der Waals surface area contributed by atoms with E-state index in [0.29, 0.717) is 6.54 Å². The molecule has 0 aromatic carbocycles. The third-order valence-electron chi connectivity index (χ3n) is 2.46. The van der Waals surface area contributed by atoms with Crippen molar-refractivity contribution in [3.8, 4) is 0 Å². The zero-order valence-corrected chi connectivity index (χ0v) is 9.37. The Morgan fingerprint density at radius 1 is 1.40 bits per heavy atom. The Labute approximate surface area is 92.0 Å². The fourth-order valence-corrected chi connectivity index (χ4v) is 1.67. The molecule has 2 nitrogen and oxygen atoms in total. The fraction of sp³-hybridized carbons (Fsp3) is 0.385. The minimum absolute atomic E-state index is 0.602. The molecule has 0 radical (unpaired) electrons. The highest BCUT2D eigenvalue weighted by molar-refractivity contribution is 5.30. The van der Waals surface area contributed by atoms with Gasteiger partial charge in [-0.3, -0.25) is 0 Å². The summed E-state index contributed by atoms with van der Waals surface area (Å²) in [5.74, 6) is 0. The van der Waals surface area contributed by atoms with Crippen molar-refractivity contribution < 1.29 is 0 Å². The number of hydrogen-bond donors (Lipinski definition) is 2.